The predicted octanol–water partition coefficient (Wildman–Crippen LogP) is 3.18. The van der Waals surface area contributed by atoms with Gasteiger partial charge in [0.25, 0.3) is 0 Å². The molecule has 2 bridgehead atoms. The van der Waals surface area contributed by atoms with E-state index in [1.807, 2.05) is 0 Å². The van der Waals surface area contributed by atoms with Gasteiger partial charge in [0.15, 0.2) is 6.29 Å². The second-order valence-corrected chi connectivity index (χ2v) is 6.73. The first-order valence-corrected chi connectivity index (χ1v) is 6.91. The maximum atomic E-state index is 6.09. The summed E-state index contributed by atoms with van der Waals surface area (Å²) in [4.78, 5) is 0. The van der Waals surface area contributed by atoms with Crippen molar-refractivity contribution in [2.75, 3.05) is 5.88 Å². The zero-order chi connectivity index (χ0) is 11.6. The van der Waals surface area contributed by atoms with Gasteiger partial charge in [0.1, 0.15) is 0 Å². The monoisotopic (exact) mass is 244 g/mol. The van der Waals surface area contributed by atoms with Crippen molar-refractivity contribution < 1.29 is 9.47 Å². The Morgan fingerprint density at radius 2 is 2.00 bits per heavy atom. The van der Waals surface area contributed by atoms with E-state index >= 15 is 0 Å². The molecule has 1 heterocycles. The zero-order valence-corrected chi connectivity index (χ0v) is 11.1. The minimum Gasteiger partial charge on any atom is -0.346 e. The Bertz CT molecular complexity index is 304. The Balaban J connectivity index is 1.85. The Hall–Kier alpha value is 0.210. The lowest BCUT2D eigenvalue weighted by atomic mass is 9.70. The Kier molecular flexibility index (Phi) is 2.38. The first kappa shape index (κ1) is 11.3. The number of halogens is 1. The van der Waals surface area contributed by atoms with Crippen LogP contribution in [0.4, 0.5) is 0 Å². The molecule has 0 aromatic heterocycles. The lowest BCUT2D eigenvalue weighted by Gasteiger charge is -2.37. The van der Waals surface area contributed by atoms with Gasteiger partial charge in [-0.3, -0.25) is 0 Å². The fourth-order valence-corrected chi connectivity index (χ4v) is 4.39. The molecule has 2 saturated carbocycles. The van der Waals surface area contributed by atoms with Gasteiger partial charge in [-0.1, -0.05) is 20.8 Å². The van der Waals surface area contributed by atoms with Gasteiger partial charge >= 0.3 is 0 Å². The van der Waals surface area contributed by atoms with Gasteiger partial charge in [-0.05, 0) is 24.2 Å². The molecule has 3 rings (SSSR count). The van der Waals surface area contributed by atoms with Crippen LogP contribution in [0.5, 0.6) is 0 Å². The summed E-state index contributed by atoms with van der Waals surface area (Å²) in [6.07, 6.45) is 3.96. The molecule has 0 aromatic carbocycles. The topological polar surface area (TPSA) is 18.5 Å². The minimum atomic E-state index is -0.0523. The Morgan fingerprint density at radius 1 is 1.25 bits per heavy atom. The third kappa shape index (κ3) is 1.16. The molecule has 5 atom stereocenters. The molecular formula is C13H21ClO2. The molecule has 3 aliphatic rings. The Morgan fingerprint density at radius 3 is 2.62 bits per heavy atom. The fourth-order valence-electron chi connectivity index (χ4n) is 4.21. The number of hydrogen-bond acceptors (Lipinski definition) is 2. The lowest BCUT2D eigenvalue weighted by molar-refractivity contribution is -0.112. The Labute approximate surface area is 103 Å². The SMILES string of the molecule is CC1(C)C2CCC1(C)C1OC(CCCl)OC21. The third-order valence-electron chi connectivity index (χ3n) is 5.65. The summed E-state index contributed by atoms with van der Waals surface area (Å²) < 4.78 is 12.1. The van der Waals surface area contributed by atoms with E-state index in [4.69, 9.17) is 21.1 Å². The van der Waals surface area contributed by atoms with E-state index in [1.165, 1.54) is 12.8 Å². The van der Waals surface area contributed by atoms with Gasteiger partial charge in [0.05, 0.1) is 12.2 Å². The molecule has 5 unspecified atom stereocenters. The highest BCUT2D eigenvalue weighted by molar-refractivity contribution is 6.17. The maximum Gasteiger partial charge on any atom is 0.159 e. The van der Waals surface area contributed by atoms with Crippen LogP contribution in [0.1, 0.15) is 40.0 Å². The quantitative estimate of drug-likeness (QED) is 0.695. The van der Waals surface area contributed by atoms with Crippen LogP contribution < -0.4 is 0 Å². The summed E-state index contributed by atoms with van der Waals surface area (Å²) in [6.45, 7) is 7.14. The molecule has 0 N–H and O–H groups in total. The van der Waals surface area contributed by atoms with Crippen LogP contribution in [0.15, 0.2) is 0 Å². The molecule has 92 valence electrons. The largest absolute Gasteiger partial charge is 0.346 e. The van der Waals surface area contributed by atoms with E-state index in [2.05, 4.69) is 20.8 Å². The second-order valence-electron chi connectivity index (χ2n) is 6.35. The van der Waals surface area contributed by atoms with Crippen molar-refractivity contribution in [1.29, 1.82) is 0 Å². The van der Waals surface area contributed by atoms with Gasteiger partial charge in [-0.15, -0.1) is 11.6 Å². The zero-order valence-electron chi connectivity index (χ0n) is 10.3. The minimum absolute atomic E-state index is 0.0523. The number of fused-ring (bicyclic) bond motifs is 5. The van der Waals surface area contributed by atoms with Gasteiger partial charge in [-0.25, -0.2) is 0 Å². The van der Waals surface area contributed by atoms with E-state index < -0.39 is 0 Å². The van der Waals surface area contributed by atoms with Crippen molar-refractivity contribution in [3.63, 3.8) is 0 Å². The highest BCUT2D eigenvalue weighted by Crippen LogP contribution is 2.68. The van der Waals surface area contributed by atoms with Crippen molar-refractivity contribution in [3.8, 4) is 0 Å². The summed E-state index contributed by atoms with van der Waals surface area (Å²) in [5, 5.41) is 0. The highest BCUT2D eigenvalue weighted by Gasteiger charge is 2.69. The standard InChI is InChI=1S/C13H21ClO2/c1-12(2)8-4-6-13(12,3)11-10(8)15-9(16-11)5-7-14/h8-11H,4-7H2,1-3H3. The average Bonchev–Trinajstić information content (AvgIpc) is 2.75. The van der Waals surface area contributed by atoms with E-state index in [0.717, 1.165) is 6.42 Å². The lowest BCUT2D eigenvalue weighted by Crippen LogP contribution is -2.38. The molecule has 3 heteroatoms. The molecule has 0 aromatic rings. The smallest absolute Gasteiger partial charge is 0.159 e. The second kappa shape index (κ2) is 3.37. The number of ether oxygens (including phenoxy) is 2. The molecule has 1 aliphatic heterocycles. The summed E-state index contributed by atoms with van der Waals surface area (Å²) in [5.74, 6) is 1.29. The van der Waals surface area contributed by atoms with E-state index in [-0.39, 0.29) is 6.29 Å². The van der Waals surface area contributed by atoms with Gasteiger partial charge < -0.3 is 9.47 Å². The van der Waals surface area contributed by atoms with E-state index in [9.17, 15) is 0 Å². The van der Waals surface area contributed by atoms with E-state index in [0.29, 0.717) is 34.8 Å². The molecular weight excluding hydrogens is 224 g/mol. The summed E-state index contributed by atoms with van der Waals surface area (Å²) in [6, 6.07) is 0. The maximum absolute atomic E-state index is 6.09. The fraction of sp³-hybridized carbons (Fsp3) is 1.00. The summed E-state index contributed by atoms with van der Waals surface area (Å²) >= 11 is 5.76. The number of alkyl halides is 1. The third-order valence-corrected chi connectivity index (χ3v) is 5.87. The van der Waals surface area contributed by atoms with Gasteiger partial charge in [-0.2, -0.15) is 0 Å². The molecule has 16 heavy (non-hydrogen) atoms. The van der Waals surface area contributed by atoms with Crippen LogP contribution in [0.2, 0.25) is 0 Å². The van der Waals surface area contributed by atoms with Crippen molar-refractivity contribution in [1.82, 2.24) is 0 Å². The van der Waals surface area contributed by atoms with Gasteiger partial charge in [0.2, 0.25) is 0 Å². The molecule has 3 fully saturated rings. The van der Waals surface area contributed by atoms with Crippen LogP contribution in [0.25, 0.3) is 0 Å². The molecule has 0 radical (unpaired) electrons. The molecule has 0 spiro atoms. The van der Waals surface area contributed by atoms with Crippen LogP contribution in [0, 0.1) is 16.7 Å². The summed E-state index contributed by atoms with van der Waals surface area (Å²) in [5.41, 5.74) is 0.650. The van der Waals surface area contributed by atoms with Crippen molar-refractivity contribution >= 4 is 11.6 Å². The average molecular weight is 245 g/mol. The first-order valence-electron chi connectivity index (χ1n) is 6.37. The van der Waals surface area contributed by atoms with Crippen LogP contribution in [-0.2, 0) is 9.47 Å². The first-order chi connectivity index (χ1) is 7.50. The van der Waals surface area contributed by atoms with Gasteiger partial charge in [0, 0.05) is 17.7 Å². The molecule has 1 saturated heterocycles. The molecule has 2 nitrogen and oxygen atoms in total. The number of rotatable bonds is 2. The van der Waals surface area contributed by atoms with Crippen LogP contribution >= 0.6 is 11.6 Å². The van der Waals surface area contributed by atoms with Crippen molar-refractivity contribution in [2.45, 2.75) is 58.5 Å². The van der Waals surface area contributed by atoms with Crippen molar-refractivity contribution in [2.24, 2.45) is 16.7 Å². The number of hydrogen-bond donors (Lipinski definition) is 0. The van der Waals surface area contributed by atoms with Crippen LogP contribution in [-0.4, -0.2) is 24.4 Å². The van der Waals surface area contributed by atoms with Crippen molar-refractivity contribution in [3.05, 3.63) is 0 Å². The van der Waals surface area contributed by atoms with E-state index in [1.54, 1.807) is 0 Å². The normalized spacial score (nSPS) is 53.2. The highest BCUT2D eigenvalue weighted by atomic mass is 35.5. The predicted molar refractivity (Wildman–Crippen MR) is 63.5 cm³/mol. The molecule has 0 amide bonds. The summed E-state index contributed by atoms with van der Waals surface area (Å²) in [7, 11) is 0. The van der Waals surface area contributed by atoms with Crippen LogP contribution in [0.3, 0.4) is 0 Å². The molecule has 2 aliphatic carbocycles.